The third kappa shape index (κ3) is 5.11. The summed E-state index contributed by atoms with van der Waals surface area (Å²) in [4.78, 5) is 24.1. The van der Waals surface area contributed by atoms with E-state index in [0.717, 1.165) is 10.6 Å². The molecule has 3 rings (SSSR count). The summed E-state index contributed by atoms with van der Waals surface area (Å²) in [5.41, 5.74) is 0.515. The van der Waals surface area contributed by atoms with Gasteiger partial charge in [-0.05, 0) is 24.3 Å². The molecule has 0 aliphatic heterocycles. The fourth-order valence-electron chi connectivity index (χ4n) is 2.17. The Hall–Kier alpha value is -3.31. The van der Waals surface area contributed by atoms with Gasteiger partial charge in [-0.2, -0.15) is 4.31 Å². The molecule has 0 unspecified atom stereocenters. The van der Waals surface area contributed by atoms with E-state index in [9.17, 15) is 13.2 Å². The number of ether oxygens (including phenoxy) is 1. The average Bonchev–Trinajstić information content (AvgIpc) is 3.17. The van der Waals surface area contributed by atoms with Crippen LogP contribution in [0.1, 0.15) is 0 Å². The van der Waals surface area contributed by atoms with Crippen LogP contribution in [0.25, 0.3) is 5.82 Å². The maximum absolute atomic E-state index is 11.9. The SMILES string of the molecule is CN(CC(=O)Nc1ccc(Oc2cc(-n3ccnc3)ncn2)cc1)S(C)(=O)=O. The van der Waals surface area contributed by atoms with E-state index < -0.39 is 15.9 Å². The van der Waals surface area contributed by atoms with Crippen molar-refractivity contribution < 1.29 is 17.9 Å². The molecule has 2 heterocycles. The molecule has 0 aliphatic rings. The van der Waals surface area contributed by atoms with E-state index in [2.05, 4.69) is 20.3 Å². The minimum atomic E-state index is -3.42. The van der Waals surface area contributed by atoms with E-state index in [1.54, 1.807) is 53.6 Å². The topological polar surface area (TPSA) is 119 Å². The first-order valence-electron chi connectivity index (χ1n) is 8.11. The Bertz CT molecular complexity index is 1050. The number of nitrogens with zero attached hydrogens (tertiary/aromatic N) is 5. The zero-order valence-electron chi connectivity index (χ0n) is 15.2. The van der Waals surface area contributed by atoms with Crippen molar-refractivity contribution in [1.29, 1.82) is 0 Å². The van der Waals surface area contributed by atoms with Crippen molar-refractivity contribution in [3.63, 3.8) is 0 Å². The summed E-state index contributed by atoms with van der Waals surface area (Å²) in [6.45, 7) is -0.269. The molecule has 0 aliphatic carbocycles. The number of aromatic nitrogens is 4. The number of hydrogen-bond donors (Lipinski definition) is 1. The van der Waals surface area contributed by atoms with Crippen LogP contribution in [0, 0.1) is 0 Å². The highest BCUT2D eigenvalue weighted by molar-refractivity contribution is 7.88. The Morgan fingerprint density at radius 1 is 1.25 bits per heavy atom. The van der Waals surface area contributed by atoms with Gasteiger partial charge in [-0.15, -0.1) is 0 Å². The van der Waals surface area contributed by atoms with Crippen molar-refractivity contribution in [2.24, 2.45) is 0 Å². The van der Waals surface area contributed by atoms with E-state index in [-0.39, 0.29) is 6.54 Å². The first-order valence-corrected chi connectivity index (χ1v) is 9.95. The maximum Gasteiger partial charge on any atom is 0.239 e. The fraction of sp³-hybridized carbons (Fsp3) is 0.176. The van der Waals surface area contributed by atoms with Gasteiger partial charge in [0.2, 0.25) is 21.8 Å². The number of carbonyl (C=O) groups excluding carboxylic acids is 1. The Kier molecular flexibility index (Phi) is 5.66. The van der Waals surface area contributed by atoms with E-state index in [1.165, 1.54) is 13.4 Å². The molecule has 1 aromatic carbocycles. The Morgan fingerprint density at radius 3 is 2.64 bits per heavy atom. The zero-order valence-corrected chi connectivity index (χ0v) is 16.0. The van der Waals surface area contributed by atoms with Crippen molar-refractivity contribution in [3.05, 3.63) is 55.4 Å². The third-order valence-electron chi connectivity index (χ3n) is 3.69. The molecule has 146 valence electrons. The van der Waals surface area contributed by atoms with Crippen LogP contribution in [-0.4, -0.2) is 58.0 Å². The molecule has 2 aromatic heterocycles. The van der Waals surface area contributed by atoms with E-state index in [0.29, 0.717) is 23.1 Å². The van der Waals surface area contributed by atoms with Gasteiger partial charge in [0, 0.05) is 31.2 Å². The zero-order chi connectivity index (χ0) is 20.1. The smallest absolute Gasteiger partial charge is 0.239 e. The second kappa shape index (κ2) is 8.15. The van der Waals surface area contributed by atoms with Gasteiger partial charge in [-0.1, -0.05) is 0 Å². The lowest BCUT2D eigenvalue weighted by molar-refractivity contribution is -0.116. The van der Waals surface area contributed by atoms with Crippen LogP contribution in [-0.2, 0) is 14.8 Å². The van der Waals surface area contributed by atoms with Crippen molar-refractivity contribution in [2.75, 3.05) is 25.2 Å². The van der Waals surface area contributed by atoms with Crippen LogP contribution in [0.5, 0.6) is 11.6 Å². The summed E-state index contributed by atoms with van der Waals surface area (Å²) in [5.74, 6) is 1.04. The molecule has 28 heavy (non-hydrogen) atoms. The van der Waals surface area contributed by atoms with Gasteiger partial charge in [0.25, 0.3) is 0 Å². The van der Waals surface area contributed by atoms with Gasteiger partial charge in [-0.3, -0.25) is 9.36 Å². The second-order valence-electron chi connectivity index (χ2n) is 5.88. The summed E-state index contributed by atoms with van der Waals surface area (Å²) < 4.78 is 31.1. The molecule has 11 heteroatoms. The van der Waals surface area contributed by atoms with Gasteiger partial charge < -0.3 is 10.1 Å². The lowest BCUT2D eigenvalue weighted by Crippen LogP contribution is -2.34. The number of hydrogen-bond acceptors (Lipinski definition) is 7. The molecule has 0 fully saturated rings. The Balaban J connectivity index is 1.62. The van der Waals surface area contributed by atoms with Gasteiger partial charge in [0.1, 0.15) is 24.2 Å². The van der Waals surface area contributed by atoms with Gasteiger partial charge in [0.15, 0.2) is 0 Å². The quantitative estimate of drug-likeness (QED) is 0.632. The molecule has 1 amide bonds. The lowest BCUT2D eigenvalue weighted by Gasteiger charge is -2.14. The summed E-state index contributed by atoms with van der Waals surface area (Å²) in [7, 11) is -2.08. The number of likely N-dealkylation sites (N-methyl/N-ethyl adjacent to an activating group) is 1. The summed E-state index contributed by atoms with van der Waals surface area (Å²) in [6.07, 6.45) is 7.44. The monoisotopic (exact) mass is 402 g/mol. The number of rotatable bonds is 7. The third-order valence-corrected chi connectivity index (χ3v) is 4.95. The number of nitrogens with one attached hydrogen (secondary N) is 1. The molecular weight excluding hydrogens is 384 g/mol. The second-order valence-corrected chi connectivity index (χ2v) is 7.97. The molecule has 3 aromatic rings. The molecule has 0 bridgehead atoms. The Labute approximate surface area is 161 Å². The van der Waals surface area contributed by atoms with Gasteiger partial charge >= 0.3 is 0 Å². The van der Waals surface area contributed by atoms with Crippen LogP contribution >= 0.6 is 0 Å². The molecule has 0 atom stereocenters. The van der Waals surface area contributed by atoms with Crippen LogP contribution in [0.15, 0.2) is 55.4 Å². The highest BCUT2D eigenvalue weighted by atomic mass is 32.2. The molecule has 0 saturated heterocycles. The molecule has 0 saturated carbocycles. The van der Waals surface area contributed by atoms with Crippen molar-refractivity contribution in [2.45, 2.75) is 0 Å². The normalized spacial score (nSPS) is 11.4. The summed E-state index contributed by atoms with van der Waals surface area (Å²) in [6, 6.07) is 8.28. The summed E-state index contributed by atoms with van der Waals surface area (Å²) >= 11 is 0. The predicted molar refractivity (Wildman–Crippen MR) is 102 cm³/mol. The van der Waals surface area contributed by atoms with Crippen LogP contribution in [0.4, 0.5) is 5.69 Å². The van der Waals surface area contributed by atoms with E-state index in [4.69, 9.17) is 4.74 Å². The van der Waals surface area contributed by atoms with E-state index >= 15 is 0 Å². The van der Waals surface area contributed by atoms with Crippen LogP contribution in [0.2, 0.25) is 0 Å². The van der Waals surface area contributed by atoms with Gasteiger partial charge in [-0.25, -0.2) is 23.4 Å². The first kappa shape index (κ1) is 19.5. The maximum atomic E-state index is 11.9. The van der Waals surface area contributed by atoms with Crippen molar-refractivity contribution in [1.82, 2.24) is 23.8 Å². The van der Waals surface area contributed by atoms with E-state index in [1.807, 2.05) is 0 Å². The standard InChI is InChI=1S/C17H18N6O4S/c1-22(28(2,25)26)10-16(24)21-13-3-5-14(6-4-13)27-17-9-15(19-11-20-17)23-8-7-18-12-23/h3-9,11-12H,10H2,1-2H3,(H,21,24). The average molecular weight is 402 g/mol. The summed E-state index contributed by atoms with van der Waals surface area (Å²) in [5, 5.41) is 2.63. The number of anilines is 1. The lowest BCUT2D eigenvalue weighted by atomic mass is 10.3. The molecule has 1 N–H and O–H groups in total. The molecule has 0 spiro atoms. The number of benzene rings is 1. The molecular formula is C17H18N6O4S. The van der Waals surface area contributed by atoms with Crippen LogP contribution in [0.3, 0.4) is 0 Å². The number of amides is 1. The number of carbonyl (C=O) groups is 1. The minimum absolute atomic E-state index is 0.269. The largest absolute Gasteiger partial charge is 0.439 e. The van der Waals surface area contributed by atoms with Crippen LogP contribution < -0.4 is 10.1 Å². The fourth-order valence-corrected chi connectivity index (χ4v) is 2.52. The molecule has 0 radical (unpaired) electrons. The Morgan fingerprint density at radius 2 is 2.00 bits per heavy atom. The first-order chi connectivity index (χ1) is 13.3. The number of imidazole rings is 1. The highest BCUT2D eigenvalue weighted by Crippen LogP contribution is 2.22. The van der Waals surface area contributed by atoms with Crippen molar-refractivity contribution >= 4 is 21.6 Å². The minimum Gasteiger partial charge on any atom is -0.439 e. The number of sulfonamides is 1. The van der Waals surface area contributed by atoms with Crippen molar-refractivity contribution in [3.8, 4) is 17.4 Å². The highest BCUT2D eigenvalue weighted by Gasteiger charge is 2.15. The van der Waals surface area contributed by atoms with Gasteiger partial charge in [0.05, 0.1) is 12.8 Å². The molecule has 10 nitrogen and oxygen atoms in total. The predicted octanol–water partition coefficient (Wildman–Crippen LogP) is 1.28.